The number of aromatic nitrogens is 1. The number of anilines is 1. The molecule has 0 radical (unpaired) electrons. The van der Waals surface area contributed by atoms with Gasteiger partial charge in [0.2, 0.25) is 0 Å². The molecule has 4 heterocycles. The second-order valence-electron chi connectivity index (χ2n) is 8.44. The zero-order valence-corrected chi connectivity index (χ0v) is 18.6. The Morgan fingerprint density at radius 2 is 2.00 bits per heavy atom. The highest BCUT2D eigenvalue weighted by atomic mass is 35.5. The van der Waals surface area contributed by atoms with E-state index in [-0.39, 0.29) is 12.0 Å². The first-order valence-electron chi connectivity index (χ1n) is 11.0. The molecule has 2 aromatic rings. The number of nitrogens with one attached hydrogen (secondary N) is 1. The lowest BCUT2D eigenvalue weighted by atomic mass is 9.90. The van der Waals surface area contributed by atoms with E-state index in [2.05, 4.69) is 40.4 Å². The van der Waals surface area contributed by atoms with E-state index in [1.165, 1.54) is 5.56 Å². The van der Waals surface area contributed by atoms with E-state index >= 15 is 0 Å². The summed E-state index contributed by atoms with van der Waals surface area (Å²) < 4.78 is 6.30. The van der Waals surface area contributed by atoms with Crippen LogP contribution in [0.3, 0.4) is 0 Å². The zero-order chi connectivity index (χ0) is 21.2. The van der Waals surface area contributed by atoms with Crippen molar-refractivity contribution >= 4 is 23.3 Å². The van der Waals surface area contributed by atoms with Gasteiger partial charge in [-0.2, -0.15) is 0 Å². The Labute approximate surface area is 188 Å². The number of pyridine rings is 1. The Morgan fingerprint density at radius 3 is 2.77 bits per heavy atom. The van der Waals surface area contributed by atoms with Crippen LogP contribution in [0.4, 0.5) is 5.82 Å². The van der Waals surface area contributed by atoms with Crippen molar-refractivity contribution in [2.45, 2.75) is 18.4 Å². The van der Waals surface area contributed by atoms with Crippen LogP contribution in [0.25, 0.3) is 0 Å². The number of hydrogen-bond donors (Lipinski definition) is 1. The van der Waals surface area contributed by atoms with Crippen molar-refractivity contribution in [1.82, 2.24) is 15.2 Å². The van der Waals surface area contributed by atoms with Crippen molar-refractivity contribution in [2.75, 3.05) is 51.2 Å². The van der Waals surface area contributed by atoms with Crippen molar-refractivity contribution in [2.24, 2.45) is 4.99 Å². The quantitative estimate of drug-likeness (QED) is 0.795. The summed E-state index contributed by atoms with van der Waals surface area (Å²) >= 11 is 6.14. The average molecular weight is 438 g/mol. The van der Waals surface area contributed by atoms with E-state index < -0.39 is 0 Å². The lowest BCUT2D eigenvalue weighted by Crippen LogP contribution is -2.44. The summed E-state index contributed by atoms with van der Waals surface area (Å²) in [5, 5.41) is 4.11. The van der Waals surface area contributed by atoms with Gasteiger partial charge >= 0.3 is 0 Å². The van der Waals surface area contributed by atoms with Gasteiger partial charge in [0.15, 0.2) is 0 Å². The largest absolute Gasteiger partial charge is 0.485 e. The Bertz CT molecular complexity index is 982. The molecule has 2 atom stereocenters. The molecule has 0 spiro atoms. The third-order valence-corrected chi connectivity index (χ3v) is 6.48. The molecule has 162 valence electrons. The predicted octanol–water partition coefficient (Wildman–Crippen LogP) is 3.35. The molecule has 1 aromatic heterocycles. The second kappa shape index (κ2) is 8.89. The van der Waals surface area contributed by atoms with Gasteiger partial charge in [-0.3, -0.25) is 4.99 Å². The molecule has 6 nitrogen and oxygen atoms in total. The van der Waals surface area contributed by atoms with Crippen molar-refractivity contribution in [3.63, 3.8) is 0 Å². The highest BCUT2D eigenvalue weighted by Crippen LogP contribution is 2.30. The monoisotopic (exact) mass is 437 g/mol. The number of halogens is 1. The van der Waals surface area contributed by atoms with E-state index in [4.69, 9.17) is 26.3 Å². The van der Waals surface area contributed by atoms with E-state index in [0.717, 1.165) is 68.7 Å². The normalized spacial score (nSPS) is 24.0. The SMILES string of the molecule is CN1CCN(c2ccc(C3C=C4C(=NC3)NCCC4Oc3cccc(Cl)c3)cn2)CC1. The molecule has 3 aliphatic rings. The Balaban J connectivity index is 1.32. The zero-order valence-electron chi connectivity index (χ0n) is 17.8. The smallest absolute Gasteiger partial charge is 0.129 e. The predicted molar refractivity (Wildman–Crippen MR) is 126 cm³/mol. The van der Waals surface area contributed by atoms with Crippen molar-refractivity contribution in [1.29, 1.82) is 0 Å². The van der Waals surface area contributed by atoms with Crippen LogP contribution >= 0.6 is 11.6 Å². The molecule has 0 amide bonds. The van der Waals surface area contributed by atoms with Crippen LogP contribution in [0.1, 0.15) is 17.9 Å². The van der Waals surface area contributed by atoms with Gasteiger partial charge < -0.3 is 19.9 Å². The number of dihydropyridines is 1. The Hall–Kier alpha value is -2.57. The highest BCUT2D eigenvalue weighted by Gasteiger charge is 2.30. The van der Waals surface area contributed by atoms with Crippen LogP contribution in [-0.2, 0) is 0 Å². The summed E-state index contributed by atoms with van der Waals surface area (Å²) in [7, 11) is 2.17. The summed E-state index contributed by atoms with van der Waals surface area (Å²) in [5.74, 6) is 3.01. The Morgan fingerprint density at radius 1 is 1.13 bits per heavy atom. The minimum atomic E-state index is -0.0289. The van der Waals surface area contributed by atoms with Crippen molar-refractivity contribution < 1.29 is 4.74 Å². The molecule has 2 unspecified atom stereocenters. The number of amidine groups is 1. The standard InChI is InChI=1S/C24H28ClN5O/c1-29-9-11-30(12-10-29)23-6-5-17(15-27-23)18-13-21-22(7-8-26-24(21)28-16-18)31-20-4-2-3-19(25)14-20/h2-6,13-15,18,22H,7-12,16H2,1H3,(H,26,28). The van der Waals surface area contributed by atoms with Crippen LogP contribution in [-0.4, -0.2) is 68.1 Å². The minimum Gasteiger partial charge on any atom is -0.485 e. The van der Waals surface area contributed by atoms with Crippen molar-refractivity contribution in [3.05, 3.63) is 64.8 Å². The molecule has 0 bridgehead atoms. The molecular weight excluding hydrogens is 410 g/mol. The maximum atomic E-state index is 6.30. The lowest BCUT2D eigenvalue weighted by Gasteiger charge is -2.33. The van der Waals surface area contributed by atoms with Crippen LogP contribution in [0.5, 0.6) is 5.75 Å². The number of piperazine rings is 1. The van der Waals surface area contributed by atoms with Gasteiger partial charge in [-0.1, -0.05) is 29.8 Å². The number of fused-ring (bicyclic) bond motifs is 1. The van der Waals surface area contributed by atoms with Crippen LogP contribution in [0.2, 0.25) is 5.02 Å². The number of rotatable bonds is 4. The van der Waals surface area contributed by atoms with Gasteiger partial charge in [-0.15, -0.1) is 0 Å². The first-order chi connectivity index (χ1) is 15.2. The molecule has 5 rings (SSSR count). The molecule has 1 aromatic carbocycles. The molecule has 2 saturated heterocycles. The molecular formula is C24H28ClN5O. The number of hydrogen-bond acceptors (Lipinski definition) is 6. The second-order valence-corrected chi connectivity index (χ2v) is 8.87. The third-order valence-electron chi connectivity index (χ3n) is 6.25. The van der Waals surface area contributed by atoms with Gasteiger partial charge in [0.25, 0.3) is 0 Å². The van der Waals surface area contributed by atoms with E-state index in [0.29, 0.717) is 5.02 Å². The summed E-state index contributed by atoms with van der Waals surface area (Å²) in [5.41, 5.74) is 2.32. The molecule has 0 aliphatic carbocycles. The summed E-state index contributed by atoms with van der Waals surface area (Å²) in [6.07, 6.45) is 5.18. The van der Waals surface area contributed by atoms with Crippen molar-refractivity contribution in [3.8, 4) is 5.75 Å². The molecule has 2 fully saturated rings. The molecule has 3 aliphatic heterocycles. The number of aliphatic imine (C=N–C) groups is 1. The topological polar surface area (TPSA) is 53.0 Å². The summed E-state index contributed by atoms with van der Waals surface area (Å²) in [6.45, 7) is 5.79. The fourth-order valence-electron chi connectivity index (χ4n) is 4.39. The summed E-state index contributed by atoms with van der Waals surface area (Å²) in [4.78, 5) is 14.3. The van der Waals surface area contributed by atoms with E-state index in [1.54, 1.807) is 0 Å². The van der Waals surface area contributed by atoms with Gasteiger partial charge in [0.05, 0.1) is 6.54 Å². The minimum absolute atomic E-state index is 0.0289. The van der Waals surface area contributed by atoms with Gasteiger partial charge in [-0.05, 0) is 36.9 Å². The number of ether oxygens (including phenoxy) is 1. The molecule has 31 heavy (non-hydrogen) atoms. The number of benzene rings is 1. The fraction of sp³-hybridized carbons (Fsp3) is 0.417. The fourth-order valence-corrected chi connectivity index (χ4v) is 4.57. The number of piperidine rings is 1. The van der Waals surface area contributed by atoms with Gasteiger partial charge in [-0.25, -0.2) is 4.98 Å². The first kappa shape index (κ1) is 20.3. The highest BCUT2D eigenvalue weighted by molar-refractivity contribution is 6.30. The number of likely N-dealkylation sites (N-methyl/N-ethyl adjacent to an activating group) is 1. The Kier molecular flexibility index (Phi) is 5.83. The van der Waals surface area contributed by atoms with E-state index in [1.807, 2.05) is 30.5 Å². The maximum Gasteiger partial charge on any atom is 0.129 e. The van der Waals surface area contributed by atoms with Gasteiger partial charge in [0, 0.05) is 61.9 Å². The van der Waals surface area contributed by atoms with Crippen LogP contribution in [0, 0.1) is 0 Å². The van der Waals surface area contributed by atoms with Crippen LogP contribution < -0.4 is 15.0 Å². The van der Waals surface area contributed by atoms with Gasteiger partial charge in [0.1, 0.15) is 23.5 Å². The van der Waals surface area contributed by atoms with E-state index in [9.17, 15) is 0 Å². The lowest BCUT2D eigenvalue weighted by molar-refractivity contribution is 0.225. The molecule has 0 saturated carbocycles. The number of nitrogens with zero attached hydrogens (tertiary/aromatic N) is 4. The average Bonchev–Trinajstić information content (AvgIpc) is 2.80. The van der Waals surface area contributed by atoms with Crippen LogP contribution in [0.15, 0.2) is 59.2 Å². The first-order valence-corrected chi connectivity index (χ1v) is 11.4. The summed E-state index contributed by atoms with van der Waals surface area (Å²) in [6, 6.07) is 11.9. The third kappa shape index (κ3) is 4.55. The molecule has 7 heteroatoms. The molecule has 1 N–H and O–H groups in total. The maximum absolute atomic E-state index is 6.30.